The van der Waals surface area contributed by atoms with E-state index in [0.29, 0.717) is 22.6 Å². The Morgan fingerprint density at radius 2 is 1.65 bits per heavy atom. The number of hydrogen-bond donors (Lipinski definition) is 1. The summed E-state index contributed by atoms with van der Waals surface area (Å²) >= 11 is 0. The Hall–Kier alpha value is -4.86. The molecule has 0 spiro atoms. The Balaban J connectivity index is 1.72. The van der Waals surface area contributed by atoms with E-state index >= 15 is 0 Å². The number of aliphatic imine (C=N–C) groups is 1. The van der Waals surface area contributed by atoms with Crippen molar-refractivity contribution in [3.63, 3.8) is 0 Å². The number of pyridine rings is 1. The van der Waals surface area contributed by atoms with E-state index in [9.17, 15) is 18.0 Å². The molecule has 0 aliphatic carbocycles. The van der Waals surface area contributed by atoms with Crippen molar-refractivity contribution in [3.8, 4) is 22.6 Å². The summed E-state index contributed by atoms with van der Waals surface area (Å²) < 4.78 is 49.5. The second-order valence-corrected chi connectivity index (χ2v) is 9.08. The van der Waals surface area contributed by atoms with Crippen LogP contribution in [0, 0.1) is 6.92 Å². The summed E-state index contributed by atoms with van der Waals surface area (Å²) in [6.07, 6.45) is -1.86. The quantitative estimate of drug-likeness (QED) is 0.321. The summed E-state index contributed by atoms with van der Waals surface area (Å²) in [5, 5.41) is 0. The van der Waals surface area contributed by atoms with Crippen molar-refractivity contribution in [1.82, 2.24) is 10.5 Å². The summed E-state index contributed by atoms with van der Waals surface area (Å²) in [7, 11) is 3.13. The number of fused-ring (bicyclic) bond motifs is 1. The highest BCUT2D eigenvalue weighted by molar-refractivity contribution is 6.04. The average molecular weight is 548 g/mol. The number of rotatable bonds is 5. The Labute approximate surface area is 228 Å². The first-order valence-electron chi connectivity index (χ1n) is 12.2. The molecule has 0 bridgehead atoms. The second-order valence-electron chi connectivity index (χ2n) is 9.08. The van der Waals surface area contributed by atoms with Crippen LogP contribution in [0.15, 0.2) is 90.2 Å². The number of aromatic nitrogens is 1. The predicted molar refractivity (Wildman–Crippen MR) is 142 cm³/mol. The Bertz CT molecular complexity index is 1620. The van der Waals surface area contributed by atoms with Crippen LogP contribution in [-0.4, -0.2) is 37.2 Å². The highest BCUT2D eigenvalue weighted by atomic mass is 19.4. The number of benzene rings is 3. The molecule has 0 saturated carbocycles. The fraction of sp³-hybridized carbons (Fsp3) is 0.167. The zero-order chi connectivity index (χ0) is 28.5. The molecule has 1 aliphatic heterocycles. The van der Waals surface area contributed by atoms with Gasteiger partial charge in [-0.15, -0.1) is 0 Å². The van der Waals surface area contributed by atoms with Gasteiger partial charge in [-0.05, 0) is 59.0 Å². The number of ether oxygens (including phenoxy) is 2. The van der Waals surface area contributed by atoms with Gasteiger partial charge in [-0.1, -0.05) is 48.5 Å². The normalized spacial score (nSPS) is 16.1. The van der Waals surface area contributed by atoms with Gasteiger partial charge in [0, 0.05) is 17.3 Å². The molecule has 1 aromatic heterocycles. The molecule has 40 heavy (non-hydrogen) atoms. The van der Waals surface area contributed by atoms with Gasteiger partial charge in [0.25, 0.3) is 0 Å². The van der Waals surface area contributed by atoms with Crippen LogP contribution in [0.4, 0.5) is 13.2 Å². The minimum Gasteiger partial charge on any atom is -0.496 e. The van der Waals surface area contributed by atoms with E-state index in [1.54, 1.807) is 38.7 Å². The third-order valence-corrected chi connectivity index (χ3v) is 6.70. The fourth-order valence-corrected chi connectivity index (χ4v) is 4.85. The van der Waals surface area contributed by atoms with Gasteiger partial charge in [-0.3, -0.25) is 4.98 Å². The molecule has 4 aromatic rings. The number of hydroxylamine groups is 1. The summed E-state index contributed by atoms with van der Waals surface area (Å²) in [6, 6.07) is 22.2. The molecule has 1 atom stereocenters. The van der Waals surface area contributed by atoms with E-state index in [0.717, 1.165) is 27.8 Å². The molecule has 0 radical (unpaired) electrons. The molecule has 10 heteroatoms. The standard InChI is InChI=1S/C30H24F3N3O4/c1-18-13-22(11-12-26(18)39-3)29(21-8-6-7-19(14-21)20-15-23(38-2)17-34-16-20)25-10-5-4-9-24(25)27(35-29)36-40-28(37)30(31,32)33/h4-17H,1-3H3,(H,35,36). The SMILES string of the molecule is COc1cncc(-c2cccc(C3(c4ccc(OC)c(C)c4)N=C(NOC(=O)C(F)(F)F)c4ccccc43)c2)c1. The topological polar surface area (TPSA) is 82.0 Å². The molecule has 2 heterocycles. The van der Waals surface area contributed by atoms with E-state index in [-0.39, 0.29) is 5.84 Å². The van der Waals surface area contributed by atoms with E-state index < -0.39 is 17.7 Å². The maximum absolute atomic E-state index is 12.9. The van der Waals surface area contributed by atoms with Crippen molar-refractivity contribution in [1.29, 1.82) is 0 Å². The van der Waals surface area contributed by atoms with Crippen LogP contribution in [-0.2, 0) is 15.2 Å². The molecule has 1 N–H and O–H groups in total. The van der Waals surface area contributed by atoms with Gasteiger partial charge in [0.1, 0.15) is 17.0 Å². The Morgan fingerprint density at radius 1 is 0.875 bits per heavy atom. The Kier molecular flexibility index (Phi) is 6.93. The van der Waals surface area contributed by atoms with E-state index in [1.807, 2.05) is 67.6 Å². The highest BCUT2D eigenvalue weighted by Gasteiger charge is 2.45. The third-order valence-electron chi connectivity index (χ3n) is 6.70. The number of amidine groups is 1. The summed E-state index contributed by atoms with van der Waals surface area (Å²) in [5.74, 6) is -1.14. The predicted octanol–water partition coefficient (Wildman–Crippen LogP) is 5.74. The van der Waals surface area contributed by atoms with Crippen LogP contribution in [0.25, 0.3) is 11.1 Å². The van der Waals surface area contributed by atoms with Crippen molar-refractivity contribution >= 4 is 11.8 Å². The number of methoxy groups -OCH3 is 2. The molecular weight excluding hydrogens is 523 g/mol. The lowest BCUT2D eigenvalue weighted by Crippen LogP contribution is -2.34. The van der Waals surface area contributed by atoms with E-state index in [2.05, 4.69) is 15.3 Å². The van der Waals surface area contributed by atoms with Crippen molar-refractivity contribution in [3.05, 3.63) is 113 Å². The molecular formula is C30H24F3N3O4. The number of aryl methyl sites for hydroxylation is 1. The molecule has 5 rings (SSSR count). The molecule has 0 saturated heterocycles. The van der Waals surface area contributed by atoms with Gasteiger partial charge >= 0.3 is 12.1 Å². The van der Waals surface area contributed by atoms with Crippen LogP contribution >= 0.6 is 0 Å². The van der Waals surface area contributed by atoms with Gasteiger partial charge in [-0.2, -0.15) is 18.7 Å². The zero-order valence-electron chi connectivity index (χ0n) is 21.7. The van der Waals surface area contributed by atoms with E-state index in [1.165, 1.54) is 0 Å². The van der Waals surface area contributed by atoms with Crippen molar-refractivity contribution in [2.45, 2.75) is 18.6 Å². The number of halogens is 3. The van der Waals surface area contributed by atoms with Crippen LogP contribution in [0.1, 0.15) is 27.8 Å². The van der Waals surface area contributed by atoms with Crippen molar-refractivity contribution < 1.29 is 32.3 Å². The molecule has 204 valence electrons. The van der Waals surface area contributed by atoms with Crippen LogP contribution in [0.3, 0.4) is 0 Å². The smallest absolute Gasteiger partial charge is 0.493 e. The highest BCUT2D eigenvalue weighted by Crippen LogP contribution is 2.47. The summed E-state index contributed by atoms with van der Waals surface area (Å²) in [6.45, 7) is 1.89. The number of nitrogens with zero attached hydrogens (tertiary/aromatic N) is 2. The summed E-state index contributed by atoms with van der Waals surface area (Å²) in [5.41, 5.74) is 6.06. The lowest BCUT2D eigenvalue weighted by Gasteiger charge is -2.30. The molecule has 7 nitrogen and oxygen atoms in total. The lowest BCUT2D eigenvalue weighted by atomic mass is 9.76. The summed E-state index contributed by atoms with van der Waals surface area (Å²) in [4.78, 5) is 25.1. The van der Waals surface area contributed by atoms with Gasteiger partial charge in [0.05, 0.1) is 20.4 Å². The van der Waals surface area contributed by atoms with Gasteiger partial charge < -0.3 is 14.3 Å². The number of nitrogens with one attached hydrogen (secondary N) is 1. The Morgan fingerprint density at radius 3 is 2.38 bits per heavy atom. The lowest BCUT2D eigenvalue weighted by molar-refractivity contribution is -0.203. The molecule has 0 fully saturated rings. The number of alkyl halides is 3. The first kappa shape index (κ1) is 26.7. The number of carbonyl (C=O) groups excluding carboxylic acids is 1. The minimum atomic E-state index is -5.17. The zero-order valence-corrected chi connectivity index (χ0v) is 21.7. The van der Waals surface area contributed by atoms with Gasteiger partial charge in [0.2, 0.25) is 0 Å². The molecule has 1 unspecified atom stereocenters. The molecule has 1 aliphatic rings. The monoisotopic (exact) mass is 547 g/mol. The second kappa shape index (κ2) is 10.4. The van der Waals surface area contributed by atoms with Gasteiger partial charge in [-0.25, -0.2) is 9.79 Å². The largest absolute Gasteiger partial charge is 0.496 e. The third kappa shape index (κ3) is 4.72. The van der Waals surface area contributed by atoms with Crippen LogP contribution in [0.2, 0.25) is 0 Å². The first-order chi connectivity index (χ1) is 19.2. The number of hydrogen-bond acceptors (Lipinski definition) is 7. The average Bonchev–Trinajstić information content (AvgIpc) is 3.31. The number of carbonyl (C=O) groups is 1. The van der Waals surface area contributed by atoms with Gasteiger partial charge in [0.15, 0.2) is 5.84 Å². The minimum absolute atomic E-state index is 0.0184. The van der Waals surface area contributed by atoms with Crippen LogP contribution in [0.5, 0.6) is 11.5 Å². The first-order valence-corrected chi connectivity index (χ1v) is 12.2. The molecule has 0 amide bonds. The van der Waals surface area contributed by atoms with E-state index in [4.69, 9.17) is 14.5 Å². The van der Waals surface area contributed by atoms with Crippen molar-refractivity contribution in [2.75, 3.05) is 14.2 Å². The maximum atomic E-state index is 12.9. The maximum Gasteiger partial charge on any atom is 0.493 e. The van der Waals surface area contributed by atoms with Crippen LogP contribution < -0.4 is 15.0 Å². The molecule has 3 aromatic carbocycles. The fourth-order valence-electron chi connectivity index (χ4n) is 4.85. The van der Waals surface area contributed by atoms with Crippen molar-refractivity contribution in [2.24, 2.45) is 4.99 Å².